The van der Waals surface area contributed by atoms with Gasteiger partial charge >= 0.3 is 0 Å². The molecule has 1 aliphatic heterocycles. The Morgan fingerprint density at radius 1 is 1.00 bits per heavy atom. The molecule has 0 saturated carbocycles. The molecule has 3 rings (SSSR count). The third-order valence-electron chi connectivity index (χ3n) is 3.85. The molecule has 1 N–H and O–H groups in total. The number of hydrogen-bond donors (Lipinski definition) is 1. The van der Waals surface area contributed by atoms with E-state index in [9.17, 15) is 9.18 Å². The lowest BCUT2D eigenvalue weighted by atomic mass is 10.1. The molecule has 2 aromatic rings. The van der Waals surface area contributed by atoms with Crippen LogP contribution in [-0.2, 0) is 4.79 Å². The first-order valence-corrected chi connectivity index (χ1v) is 7.74. The Morgan fingerprint density at radius 2 is 1.65 bits per heavy atom. The number of aliphatic imine (C=N–C) groups is 1. The molecule has 0 spiro atoms. The first-order chi connectivity index (χ1) is 12.6. The molecule has 6 nitrogen and oxygen atoms in total. The summed E-state index contributed by atoms with van der Waals surface area (Å²) < 4.78 is 29.8. The molecule has 0 fully saturated rings. The number of rotatable bonds is 5. The van der Waals surface area contributed by atoms with Crippen molar-refractivity contribution < 1.29 is 23.4 Å². The van der Waals surface area contributed by atoms with Crippen LogP contribution < -0.4 is 19.5 Å². The number of ether oxygens (including phenoxy) is 3. The van der Waals surface area contributed by atoms with Crippen molar-refractivity contribution in [1.82, 2.24) is 5.32 Å². The van der Waals surface area contributed by atoms with Gasteiger partial charge in [-0.15, -0.1) is 0 Å². The maximum Gasteiger partial charge on any atom is 0.275 e. The van der Waals surface area contributed by atoms with Gasteiger partial charge in [0.15, 0.2) is 11.5 Å². The smallest absolute Gasteiger partial charge is 0.275 e. The fourth-order valence-corrected chi connectivity index (χ4v) is 2.56. The molecule has 0 radical (unpaired) electrons. The van der Waals surface area contributed by atoms with Crippen molar-refractivity contribution in [1.29, 1.82) is 0 Å². The van der Waals surface area contributed by atoms with Gasteiger partial charge in [-0.05, 0) is 24.3 Å². The molecule has 2 aromatic carbocycles. The van der Waals surface area contributed by atoms with Gasteiger partial charge in [0, 0.05) is 11.6 Å². The topological polar surface area (TPSA) is 69.2 Å². The van der Waals surface area contributed by atoms with E-state index in [0.717, 1.165) is 0 Å². The van der Waals surface area contributed by atoms with Crippen molar-refractivity contribution in [3.63, 3.8) is 0 Å². The average molecular weight is 356 g/mol. The number of amidine groups is 1. The minimum absolute atomic E-state index is 0.133. The van der Waals surface area contributed by atoms with Gasteiger partial charge < -0.3 is 19.5 Å². The summed E-state index contributed by atoms with van der Waals surface area (Å²) in [6.45, 7) is 0. The van der Waals surface area contributed by atoms with Crippen molar-refractivity contribution in [2.45, 2.75) is 0 Å². The summed E-state index contributed by atoms with van der Waals surface area (Å²) in [5, 5.41) is 2.58. The molecule has 0 aliphatic carbocycles. The molecule has 0 saturated heterocycles. The van der Waals surface area contributed by atoms with E-state index in [1.54, 1.807) is 36.4 Å². The molecule has 1 amide bonds. The number of hydrogen-bond acceptors (Lipinski definition) is 5. The standard InChI is InChI=1S/C19H17FN2O4/c1-24-15-10-17(26-3)16(25-2)9-11(15)8-14-19(23)22-18(21-14)12-6-4-5-7-13(12)20/h4-10H,1-3H3,(H,21,22,23)/b14-8-. The molecule has 0 unspecified atom stereocenters. The summed E-state index contributed by atoms with van der Waals surface area (Å²) in [6.07, 6.45) is 1.55. The molecule has 0 bridgehead atoms. The number of nitrogens with zero attached hydrogens (tertiary/aromatic N) is 1. The van der Waals surface area contributed by atoms with Crippen LogP contribution in [0.3, 0.4) is 0 Å². The lowest BCUT2D eigenvalue weighted by Crippen LogP contribution is -2.25. The molecule has 1 heterocycles. The van der Waals surface area contributed by atoms with E-state index in [-0.39, 0.29) is 17.1 Å². The van der Waals surface area contributed by atoms with Crippen molar-refractivity contribution >= 4 is 17.8 Å². The van der Waals surface area contributed by atoms with E-state index in [2.05, 4.69) is 10.3 Å². The molecular formula is C19H17FN2O4. The van der Waals surface area contributed by atoms with E-state index in [1.165, 1.54) is 27.4 Å². The summed E-state index contributed by atoms with van der Waals surface area (Å²) in [5.74, 6) is 0.739. The van der Waals surface area contributed by atoms with Gasteiger partial charge in [0.05, 0.1) is 26.9 Å². The lowest BCUT2D eigenvalue weighted by Gasteiger charge is -2.12. The van der Waals surface area contributed by atoms with Gasteiger partial charge in [-0.1, -0.05) is 12.1 Å². The molecule has 7 heteroatoms. The van der Waals surface area contributed by atoms with Crippen molar-refractivity contribution in [3.8, 4) is 17.2 Å². The highest BCUT2D eigenvalue weighted by atomic mass is 19.1. The van der Waals surface area contributed by atoms with E-state index in [1.807, 2.05) is 0 Å². The van der Waals surface area contributed by atoms with Crippen LogP contribution in [0.1, 0.15) is 11.1 Å². The van der Waals surface area contributed by atoms with E-state index >= 15 is 0 Å². The minimum Gasteiger partial charge on any atom is -0.496 e. The predicted octanol–water partition coefficient (Wildman–Crippen LogP) is 2.77. The Balaban J connectivity index is 2.04. The Bertz CT molecular complexity index is 922. The van der Waals surface area contributed by atoms with Gasteiger partial charge in [0.2, 0.25) is 0 Å². The maximum absolute atomic E-state index is 13.9. The fourth-order valence-electron chi connectivity index (χ4n) is 2.56. The highest BCUT2D eigenvalue weighted by molar-refractivity contribution is 6.19. The Kier molecular flexibility index (Phi) is 4.88. The molecule has 0 atom stereocenters. The second-order valence-corrected chi connectivity index (χ2v) is 5.37. The van der Waals surface area contributed by atoms with Gasteiger partial charge in [0.1, 0.15) is 23.1 Å². The van der Waals surface area contributed by atoms with Crippen LogP contribution in [0, 0.1) is 5.82 Å². The average Bonchev–Trinajstić information content (AvgIpc) is 3.01. The molecular weight excluding hydrogens is 339 g/mol. The van der Waals surface area contributed by atoms with Crippen LogP contribution >= 0.6 is 0 Å². The van der Waals surface area contributed by atoms with Crippen LogP contribution in [0.15, 0.2) is 47.1 Å². The molecule has 0 aromatic heterocycles. The zero-order valence-corrected chi connectivity index (χ0v) is 14.5. The third-order valence-corrected chi connectivity index (χ3v) is 3.85. The van der Waals surface area contributed by atoms with E-state index in [0.29, 0.717) is 22.8 Å². The highest BCUT2D eigenvalue weighted by Gasteiger charge is 2.23. The van der Waals surface area contributed by atoms with Gasteiger partial charge in [-0.25, -0.2) is 9.38 Å². The molecule has 1 aliphatic rings. The number of nitrogens with one attached hydrogen (secondary N) is 1. The van der Waals surface area contributed by atoms with E-state index in [4.69, 9.17) is 14.2 Å². The summed E-state index contributed by atoms with van der Waals surface area (Å²) in [4.78, 5) is 16.5. The van der Waals surface area contributed by atoms with Crippen molar-refractivity contribution in [3.05, 3.63) is 59.0 Å². The number of carbonyl (C=O) groups is 1. The highest BCUT2D eigenvalue weighted by Crippen LogP contribution is 2.36. The van der Waals surface area contributed by atoms with E-state index < -0.39 is 11.7 Å². The van der Waals surface area contributed by atoms with Crippen LogP contribution in [0.25, 0.3) is 6.08 Å². The predicted molar refractivity (Wildman–Crippen MR) is 95.2 cm³/mol. The normalized spacial score (nSPS) is 14.8. The Hall–Kier alpha value is -3.35. The van der Waals surface area contributed by atoms with Crippen molar-refractivity contribution in [2.24, 2.45) is 4.99 Å². The van der Waals surface area contributed by atoms with Gasteiger partial charge in [-0.3, -0.25) is 4.79 Å². The summed E-state index contributed by atoms with van der Waals surface area (Å²) in [6, 6.07) is 9.43. The number of carbonyl (C=O) groups excluding carboxylic acids is 1. The van der Waals surface area contributed by atoms with Crippen LogP contribution in [0.5, 0.6) is 17.2 Å². The molecule has 134 valence electrons. The number of methoxy groups -OCH3 is 3. The zero-order chi connectivity index (χ0) is 18.7. The van der Waals surface area contributed by atoms with Crippen LogP contribution in [0.2, 0.25) is 0 Å². The van der Waals surface area contributed by atoms with Crippen LogP contribution in [0.4, 0.5) is 4.39 Å². The zero-order valence-electron chi connectivity index (χ0n) is 14.5. The minimum atomic E-state index is -0.462. The van der Waals surface area contributed by atoms with Crippen molar-refractivity contribution in [2.75, 3.05) is 21.3 Å². The van der Waals surface area contributed by atoms with Crippen LogP contribution in [-0.4, -0.2) is 33.1 Å². The largest absolute Gasteiger partial charge is 0.496 e. The quantitative estimate of drug-likeness (QED) is 0.837. The monoisotopic (exact) mass is 356 g/mol. The summed E-state index contributed by atoms with van der Waals surface area (Å²) in [5.41, 5.74) is 0.936. The second-order valence-electron chi connectivity index (χ2n) is 5.37. The summed E-state index contributed by atoms with van der Waals surface area (Å²) >= 11 is 0. The maximum atomic E-state index is 13.9. The number of halogens is 1. The fraction of sp³-hybridized carbons (Fsp3) is 0.158. The first-order valence-electron chi connectivity index (χ1n) is 7.74. The molecule has 26 heavy (non-hydrogen) atoms. The third kappa shape index (κ3) is 3.23. The SMILES string of the molecule is COc1cc(OC)c(OC)cc1/C=C1\N=C(c2ccccc2F)NC1=O. The first kappa shape index (κ1) is 17.5. The Labute approximate surface area is 149 Å². The number of amides is 1. The Morgan fingerprint density at radius 3 is 2.31 bits per heavy atom. The summed E-state index contributed by atoms with van der Waals surface area (Å²) in [7, 11) is 4.54. The van der Waals surface area contributed by atoms with Gasteiger partial charge in [0.25, 0.3) is 5.91 Å². The lowest BCUT2D eigenvalue weighted by molar-refractivity contribution is -0.115. The van der Waals surface area contributed by atoms with Gasteiger partial charge in [-0.2, -0.15) is 0 Å². The second kappa shape index (κ2) is 7.26. The number of benzene rings is 2.